The second kappa shape index (κ2) is 4.42. The van der Waals surface area contributed by atoms with Gasteiger partial charge in [-0.3, -0.25) is 4.79 Å². The van der Waals surface area contributed by atoms with Crippen LogP contribution in [0.3, 0.4) is 0 Å². The van der Waals surface area contributed by atoms with Crippen molar-refractivity contribution in [3.05, 3.63) is 0 Å². The molecule has 0 aromatic rings. The Morgan fingerprint density at radius 2 is 2.17 bits per heavy atom. The topological polar surface area (TPSA) is 52.6 Å². The van der Waals surface area contributed by atoms with E-state index in [0.717, 1.165) is 26.2 Å². The third-order valence-electron chi connectivity index (χ3n) is 2.10. The van der Waals surface area contributed by atoms with Gasteiger partial charge < -0.3 is 15.3 Å². The smallest absolute Gasteiger partial charge is 0.251 e. The van der Waals surface area contributed by atoms with Crippen LogP contribution in [0.5, 0.6) is 0 Å². The lowest BCUT2D eigenvalue weighted by molar-refractivity contribution is -0.140. The van der Waals surface area contributed by atoms with Crippen LogP contribution in [-0.4, -0.2) is 48.2 Å². The van der Waals surface area contributed by atoms with Crippen molar-refractivity contribution in [3.63, 3.8) is 0 Å². The van der Waals surface area contributed by atoms with Crippen LogP contribution in [0, 0.1) is 0 Å². The van der Waals surface area contributed by atoms with Crippen molar-refractivity contribution in [2.45, 2.75) is 19.4 Å². The van der Waals surface area contributed by atoms with Gasteiger partial charge in [-0.15, -0.1) is 0 Å². The van der Waals surface area contributed by atoms with Gasteiger partial charge in [-0.25, -0.2) is 0 Å². The predicted molar refractivity (Wildman–Crippen MR) is 45.7 cm³/mol. The third-order valence-corrected chi connectivity index (χ3v) is 2.10. The zero-order valence-electron chi connectivity index (χ0n) is 7.42. The van der Waals surface area contributed by atoms with Gasteiger partial charge in [0, 0.05) is 26.2 Å². The number of carbonyl (C=O) groups excluding carboxylic acids is 1. The first-order valence-corrected chi connectivity index (χ1v) is 4.43. The zero-order chi connectivity index (χ0) is 8.97. The fourth-order valence-electron chi connectivity index (χ4n) is 1.27. The molecule has 0 aromatic carbocycles. The van der Waals surface area contributed by atoms with E-state index in [1.165, 1.54) is 0 Å². The van der Waals surface area contributed by atoms with Gasteiger partial charge in [0.15, 0.2) is 0 Å². The van der Waals surface area contributed by atoms with Gasteiger partial charge in [0.25, 0.3) is 5.91 Å². The molecule has 0 saturated carbocycles. The lowest BCUT2D eigenvalue weighted by Gasteiger charge is -2.28. The first kappa shape index (κ1) is 9.48. The summed E-state index contributed by atoms with van der Waals surface area (Å²) in [6, 6.07) is 0. The fraction of sp³-hybridized carbons (Fsp3) is 0.875. The zero-order valence-corrected chi connectivity index (χ0v) is 7.42. The van der Waals surface area contributed by atoms with Crippen LogP contribution in [0.25, 0.3) is 0 Å². The number of nitrogens with zero attached hydrogens (tertiary/aromatic N) is 1. The molecule has 1 amide bonds. The van der Waals surface area contributed by atoms with Crippen LogP contribution in [0.2, 0.25) is 0 Å². The number of carbonyl (C=O) groups is 1. The van der Waals surface area contributed by atoms with E-state index in [-0.39, 0.29) is 5.91 Å². The van der Waals surface area contributed by atoms with Crippen LogP contribution in [-0.2, 0) is 4.79 Å². The molecular weight excluding hydrogens is 156 g/mol. The van der Waals surface area contributed by atoms with E-state index in [1.54, 1.807) is 4.90 Å². The van der Waals surface area contributed by atoms with Crippen molar-refractivity contribution >= 4 is 5.91 Å². The lowest BCUT2D eigenvalue weighted by Crippen LogP contribution is -2.49. The van der Waals surface area contributed by atoms with Gasteiger partial charge in [-0.2, -0.15) is 0 Å². The third kappa shape index (κ3) is 2.19. The van der Waals surface area contributed by atoms with E-state index >= 15 is 0 Å². The Morgan fingerprint density at radius 1 is 1.58 bits per heavy atom. The van der Waals surface area contributed by atoms with Gasteiger partial charge in [-0.1, -0.05) is 6.92 Å². The van der Waals surface area contributed by atoms with Crippen molar-refractivity contribution in [1.29, 1.82) is 0 Å². The number of aliphatic hydroxyl groups excluding tert-OH is 1. The minimum Gasteiger partial charge on any atom is -0.383 e. The Bertz CT molecular complexity index is 155. The van der Waals surface area contributed by atoms with Gasteiger partial charge >= 0.3 is 0 Å². The lowest BCUT2D eigenvalue weighted by atomic mass is 10.2. The minimum absolute atomic E-state index is 0.126. The average molecular weight is 172 g/mol. The van der Waals surface area contributed by atoms with Crippen LogP contribution in [0.4, 0.5) is 0 Å². The summed E-state index contributed by atoms with van der Waals surface area (Å²) in [5.41, 5.74) is 0. The number of rotatable bonds is 2. The monoisotopic (exact) mass is 172 g/mol. The quantitative estimate of drug-likeness (QED) is 0.573. The molecule has 0 radical (unpaired) electrons. The Kier molecular flexibility index (Phi) is 3.49. The highest BCUT2D eigenvalue weighted by molar-refractivity contribution is 5.80. The predicted octanol–water partition coefficient (Wildman–Crippen LogP) is -0.811. The second-order valence-corrected chi connectivity index (χ2v) is 3.00. The molecule has 4 nitrogen and oxygen atoms in total. The molecule has 4 heteroatoms. The molecule has 12 heavy (non-hydrogen) atoms. The SMILES string of the molecule is CC[C@@H](O)C(=O)N1CCNCC1. The van der Waals surface area contributed by atoms with Crippen molar-refractivity contribution in [3.8, 4) is 0 Å². The summed E-state index contributed by atoms with van der Waals surface area (Å²) in [7, 11) is 0. The molecule has 1 aliphatic heterocycles. The van der Waals surface area contributed by atoms with Crippen LogP contribution >= 0.6 is 0 Å². The van der Waals surface area contributed by atoms with Crippen LogP contribution in [0.15, 0.2) is 0 Å². The Hall–Kier alpha value is -0.610. The number of amides is 1. The van der Waals surface area contributed by atoms with Crippen molar-refractivity contribution in [2.24, 2.45) is 0 Å². The fourth-order valence-corrected chi connectivity index (χ4v) is 1.27. The first-order valence-electron chi connectivity index (χ1n) is 4.43. The summed E-state index contributed by atoms with van der Waals surface area (Å²) in [4.78, 5) is 13.1. The Labute approximate surface area is 72.6 Å². The highest BCUT2D eigenvalue weighted by Crippen LogP contribution is 2.00. The van der Waals surface area contributed by atoms with Crippen molar-refractivity contribution < 1.29 is 9.90 Å². The molecule has 0 aliphatic carbocycles. The highest BCUT2D eigenvalue weighted by Gasteiger charge is 2.21. The maximum Gasteiger partial charge on any atom is 0.251 e. The molecule has 1 aliphatic rings. The average Bonchev–Trinajstić information content (AvgIpc) is 2.17. The molecule has 1 saturated heterocycles. The Balaban J connectivity index is 2.39. The van der Waals surface area contributed by atoms with Gasteiger partial charge in [-0.05, 0) is 6.42 Å². The molecule has 1 fully saturated rings. The van der Waals surface area contributed by atoms with Crippen LogP contribution < -0.4 is 5.32 Å². The van der Waals surface area contributed by atoms with Gasteiger partial charge in [0.2, 0.25) is 0 Å². The highest BCUT2D eigenvalue weighted by atomic mass is 16.3. The molecule has 0 aromatic heterocycles. The molecule has 1 rings (SSSR count). The number of piperazine rings is 1. The number of hydrogen-bond donors (Lipinski definition) is 2. The molecular formula is C8H16N2O2. The number of aliphatic hydroxyl groups is 1. The van der Waals surface area contributed by atoms with E-state index in [9.17, 15) is 9.90 Å². The summed E-state index contributed by atoms with van der Waals surface area (Å²) < 4.78 is 0. The summed E-state index contributed by atoms with van der Waals surface area (Å²) in [5.74, 6) is -0.126. The normalized spacial score (nSPS) is 20.7. The van der Waals surface area contributed by atoms with E-state index in [4.69, 9.17) is 0 Å². The Morgan fingerprint density at radius 3 is 2.67 bits per heavy atom. The van der Waals surface area contributed by atoms with Crippen molar-refractivity contribution in [2.75, 3.05) is 26.2 Å². The molecule has 0 spiro atoms. The van der Waals surface area contributed by atoms with Crippen molar-refractivity contribution in [1.82, 2.24) is 10.2 Å². The molecule has 0 unspecified atom stereocenters. The summed E-state index contributed by atoms with van der Waals surface area (Å²) in [5, 5.41) is 12.4. The van der Waals surface area contributed by atoms with Crippen LogP contribution in [0.1, 0.15) is 13.3 Å². The molecule has 0 bridgehead atoms. The summed E-state index contributed by atoms with van der Waals surface area (Å²) in [6.07, 6.45) is -0.300. The maximum atomic E-state index is 11.4. The van der Waals surface area contributed by atoms with Gasteiger partial charge in [0.05, 0.1) is 0 Å². The number of hydrogen-bond acceptors (Lipinski definition) is 3. The number of nitrogens with one attached hydrogen (secondary N) is 1. The summed E-state index contributed by atoms with van der Waals surface area (Å²) >= 11 is 0. The summed E-state index contributed by atoms with van der Waals surface area (Å²) in [6.45, 7) is 4.92. The van der Waals surface area contributed by atoms with Gasteiger partial charge in [0.1, 0.15) is 6.10 Å². The van der Waals surface area contributed by atoms with E-state index in [0.29, 0.717) is 6.42 Å². The maximum absolute atomic E-state index is 11.4. The minimum atomic E-state index is -0.803. The molecule has 1 heterocycles. The molecule has 2 N–H and O–H groups in total. The molecule has 70 valence electrons. The first-order chi connectivity index (χ1) is 5.75. The van der Waals surface area contributed by atoms with E-state index in [2.05, 4.69) is 5.32 Å². The standard InChI is InChI=1S/C8H16N2O2/c1-2-7(11)8(12)10-5-3-9-4-6-10/h7,9,11H,2-6H2,1H3/t7-/m1/s1. The van der Waals surface area contributed by atoms with E-state index < -0.39 is 6.10 Å². The molecule has 1 atom stereocenters. The largest absolute Gasteiger partial charge is 0.383 e. The second-order valence-electron chi connectivity index (χ2n) is 3.00. The van der Waals surface area contributed by atoms with E-state index in [1.807, 2.05) is 6.92 Å².